The summed E-state index contributed by atoms with van der Waals surface area (Å²) >= 11 is 0. The van der Waals surface area contributed by atoms with Crippen LogP contribution in [-0.2, 0) is 4.74 Å². The van der Waals surface area contributed by atoms with Gasteiger partial charge in [0.15, 0.2) is 0 Å². The van der Waals surface area contributed by atoms with Crippen LogP contribution in [0.25, 0.3) is 10.4 Å². The van der Waals surface area contributed by atoms with E-state index in [1.165, 1.54) is 0 Å². The maximum Gasteiger partial charge on any atom is 0.330 e. The summed E-state index contributed by atoms with van der Waals surface area (Å²) in [5.74, 6) is 0. The number of aryl methyl sites for hydroxylation is 1. The number of rotatable bonds is 3. The van der Waals surface area contributed by atoms with Crippen molar-refractivity contribution in [1.82, 2.24) is 9.55 Å². The molecule has 0 spiro atoms. The van der Waals surface area contributed by atoms with Crippen LogP contribution in [0.15, 0.2) is 20.9 Å². The van der Waals surface area contributed by atoms with E-state index in [0.29, 0.717) is 0 Å². The van der Waals surface area contributed by atoms with Crippen LogP contribution in [0.5, 0.6) is 0 Å². The van der Waals surface area contributed by atoms with Crippen LogP contribution >= 0.6 is 0 Å². The second-order valence-electron chi connectivity index (χ2n) is 4.03. The van der Waals surface area contributed by atoms with Crippen LogP contribution in [0.3, 0.4) is 0 Å². The number of aliphatic hydroxyl groups excluding tert-OH is 1. The van der Waals surface area contributed by atoms with Crippen molar-refractivity contribution >= 4 is 0 Å². The summed E-state index contributed by atoms with van der Waals surface area (Å²) in [6.45, 7) is -3.12. The average Bonchev–Trinajstić information content (AvgIpc) is 2.80. The molecule has 1 aromatic rings. The van der Waals surface area contributed by atoms with Gasteiger partial charge in [0.2, 0.25) is 0 Å². The van der Waals surface area contributed by atoms with Crippen LogP contribution in [-0.4, -0.2) is 33.4 Å². The second-order valence-corrected chi connectivity index (χ2v) is 4.03. The second kappa shape index (κ2) is 5.27. The van der Waals surface area contributed by atoms with Crippen LogP contribution in [0.4, 0.5) is 0 Å². The fourth-order valence-electron chi connectivity index (χ4n) is 1.94. The smallest absolute Gasteiger partial charge is 0.330 e. The standard InChI is InChI=1S/C10H13N5O4/c1-5-3-15(10(18)12-9(5)17)8-2-6(13-14-11)7(4-16)19-8/h3,6-8,16H,2,4H2,1H3,(H,12,17,18)/t6-,7-,8-/m0/s1/i1D3. The SMILES string of the molecule is [2H]C([2H])([2H])c1cn([C@@H]2C[C@H](N=[N+]=[N-])[C@H](CO)O2)c(=O)[nH]c1=O. The molecule has 0 saturated carbocycles. The van der Waals surface area contributed by atoms with Gasteiger partial charge in [0.25, 0.3) is 5.56 Å². The lowest BCUT2D eigenvalue weighted by Gasteiger charge is -2.14. The van der Waals surface area contributed by atoms with Crippen LogP contribution < -0.4 is 11.2 Å². The highest BCUT2D eigenvalue weighted by Crippen LogP contribution is 2.29. The van der Waals surface area contributed by atoms with Gasteiger partial charge in [-0.3, -0.25) is 14.3 Å². The predicted octanol–water partition coefficient (Wildman–Crippen LogP) is -0.196. The van der Waals surface area contributed by atoms with Gasteiger partial charge in [0, 0.05) is 27.2 Å². The van der Waals surface area contributed by atoms with E-state index in [9.17, 15) is 14.7 Å². The zero-order valence-corrected chi connectivity index (χ0v) is 9.68. The van der Waals surface area contributed by atoms with E-state index in [1.54, 1.807) is 0 Å². The first-order valence-electron chi connectivity index (χ1n) is 6.94. The van der Waals surface area contributed by atoms with Crippen LogP contribution in [0.1, 0.15) is 22.3 Å². The van der Waals surface area contributed by atoms with Crippen molar-refractivity contribution < 1.29 is 14.0 Å². The monoisotopic (exact) mass is 270 g/mol. The molecule has 3 atom stereocenters. The maximum absolute atomic E-state index is 11.8. The normalized spacial score (nSPS) is 29.1. The number of nitrogens with one attached hydrogen (secondary N) is 1. The molecule has 2 heterocycles. The van der Waals surface area contributed by atoms with Gasteiger partial charge < -0.3 is 9.84 Å². The van der Waals surface area contributed by atoms with Crippen molar-refractivity contribution in [3.63, 3.8) is 0 Å². The summed E-state index contributed by atoms with van der Waals surface area (Å²) in [5.41, 5.74) is 6.08. The van der Waals surface area contributed by atoms with E-state index in [-0.39, 0.29) is 6.42 Å². The van der Waals surface area contributed by atoms with E-state index >= 15 is 0 Å². The number of aromatic amines is 1. The Bertz CT molecular complexity index is 720. The molecule has 1 saturated heterocycles. The lowest BCUT2D eigenvalue weighted by Crippen LogP contribution is -2.33. The highest BCUT2D eigenvalue weighted by molar-refractivity contribution is 5.02. The molecule has 0 unspecified atom stereocenters. The third kappa shape index (κ3) is 2.53. The van der Waals surface area contributed by atoms with Crippen molar-refractivity contribution in [2.24, 2.45) is 5.11 Å². The number of ether oxygens (including phenoxy) is 1. The van der Waals surface area contributed by atoms with Crippen LogP contribution in [0, 0.1) is 6.85 Å². The highest BCUT2D eigenvalue weighted by Gasteiger charge is 2.35. The largest absolute Gasteiger partial charge is 0.394 e. The summed E-state index contributed by atoms with van der Waals surface area (Å²) in [5, 5.41) is 12.6. The molecule has 2 N–H and O–H groups in total. The Morgan fingerprint density at radius 2 is 2.58 bits per heavy atom. The molecule has 1 aromatic heterocycles. The van der Waals surface area contributed by atoms with Gasteiger partial charge in [-0.25, -0.2) is 4.79 Å². The Labute approximate surface area is 111 Å². The molecule has 102 valence electrons. The Hall–Kier alpha value is -2.09. The minimum absolute atomic E-state index is 0.0711. The molecule has 9 heteroatoms. The molecule has 0 radical (unpaired) electrons. The van der Waals surface area contributed by atoms with Crippen molar-refractivity contribution in [2.45, 2.75) is 31.6 Å². The summed E-state index contributed by atoms with van der Waals surface area (Å²) < 4.78 is 28.2. The van der Waals surface area contributed by atoms with Crippen LogP contribution in [0.2, 0.25) is 0 Å². The third-order valence-corrected chi connectivity index (χ3v) is 2.86. The molecule has 0 bridgehead atoms. The minimum Gasteiger partial charge on any atom is -0.394 e. The molecule has 0 aliphatic carbocycles. The molecular formula is C10H13N5O4. The summed E-state index contributed by atoms with van der Waals surface area (Å²) in [7, 11) is 0. The van der Waals surface area contributed by atoms with Crippen molar-refractivity contribution in [2.75, 3.05) is 6.61 Å². The predicted molar refractivity (Wildman–Crippen MR) is 64.6 cm³/mol. The molecule has 1 fully saturated rings. The number of nitrogens with zero attached hydrogens (tertiary/aromatic N) is 4. The van der Waals surface area contributed by atoms with Crippen molar-refractivity contribution in [3.05, 3.63) is 43.0 Å². The van der Waals surface area contributed by atoms with E-state index in [4.69, 9.17) is 14.4 Å². The minimum atomic E-state index is -2.69. The fourth-order valence-corrected chi connectivity index (χ4v) is 1.94. The maximum atomic E-state index is 11.8. The van der Waals surface area contributed by atoms with Gasteiger partial charge in [0.1, 0.15) is 6.23 Å². The molecule has 1 aliphatic rings. The Morgan fingerprint density at radius 1 is 1.79 bits per heavy atom. The first-order chi connectivity index (χ1) is 10.3. The molecule has 0 amide bonds. The number of hydrogen-bond donors (Lipinski definition) is 2. The number of azide groups is 1. The summed E-state index contributed by atoms with van der Waals surface area (Å²) in [4.78, 5) is 28.0. The van der Waals surface area contributed by atoms with E-state index in [0.717, 1.165) is 10.8 Å². The molecule has 19 heavy (non-hydrogen) atoms. The van der Waals surface area contributed by atoms with Gasteiger partial charge in [-0.05, 0) is 12.4 Å². The summed E-state index contributed by atoms with van der Waals surface area (Å²) in [6.07, 6.45) is -0.776. The number of H-pyrrole nitrogens is 1. The average molecular weight is 270 g/mol. The molecule has 1 aliphatic heterocycles. The summed E-state index contributed by atoms with van der Waals surface area (Å²) in [6, 6.07) is -0.699. The van der Waals surface area contributed by atoms with E-state index in [1.807, 2.05) is 4.98 Å². The zero-order valence-electron chi connectivity index (χ0n) is 12.7. The Kier molecular flexibility index (Phi) is 2.71. The number of aromatic nitrogens is 2. The quantitative estimate of drug-likeness (QED) is 0.447. The molecule has 0 aromatic carbocycles. The lowest BCUT2D eigenvalue weighted by molar-refractivity contribution is -0.0271. The first kappa shape index (κ1) is 9.79. The first-order valence-corrected chi connectivity index (χ1v) is 5.44. The van der Waals surface area contributed by atoms with Gasteiger partial charge in [-0.1, -0.05) is 5.11 Å². The topological polar surface area (TPSA) is 133 Å². The van der Waals surface area contributed by atoms with Gasteiger partial charge in [-0.15, -0.1) is 0 Å². The lowest BCUT2D eigenvalue weighted by atomic mass is 10.1. The fraction of sp³-hybridized carbons (Fsp3) is 0.600. The molecule has 9 nitrogen and oxygen atoms in total. The van der Waals surface area contributed by atoms with Crippen molar-refractivity contribution in [3.8, 4) is 0 Å². The van der Waals surface area contributed by atoms with E-state index in [2.05, 4.69) is 10.0 Å². The third-order valence-electron chi connectivity index (χ3n) is 2.86. The van der Waals surface area contributed by atoms with Gasteiger partial charge >= 0.3 is 5.69 Å². The number of aliphatic hydroxyl groups is 1. The number of hydrogen-bond acceptors (Lipinski definition) is 5. The Morgan fingerprint density at radius 3 is 3.21 bits per heavy atom. The molecule has 2 rings (SSSR count). The molecular weight excluding hydrogens is 254 g/mol. The van der Waals surface area contributed by atoms with Gasteiger partial charge in [0.05, 0.1) is 18.8 Å². The van der Waals surface area contributed by atoms with Crippen molar-refractivity contribution in [1.29, 1.82) is 0 Å². The van der Waals surface area contributed by atoms with Gasteiger partial charge in [-0.2, -0.15) is 0 Å². The highest BCUT2D eigenvalue weighted by atomic mass is 16.5. The Balaban J connectivity index is 2.44. The zero-order chi connectivity index (χ0) is 16.5. The van der Waals surface area contributed by atoms with E-state index < -0.39 is 48.6 Å².